The minimum atomic E-state index is -0.573. The van der Waals surface area contributed by atoms with E-state index in [2.05, 4.69) is 4.98 Å². The number of hydrogen-bond acceptors (Lipinski definition) is 4. The molecule has 1 unspecified atom stereocenters. The molecule has 1 heterocycles. The van der Waals surface area contributed by atoms with Crippen molar-refractivity contribution in [2.24, 2.45) is 5.73 Å². The summed E-state index contributed by atoms with van der Waals surface area (Å²) in [5, 5.41) is 0.922. The summed E-state index contributed by atoms with van der Waals surface area (Å²) in [6.07, 6.45) is 3.75. The minimum Gasteiger partial charge on any atom is -0.399 e. The van der Waals surface area contributed by atoms with E-state index in [4.69, 9.17) is 11.5 Å². The summed E-state index contributed by atoms with van der Waals surface area (Å²) in [5.74, 6) is -0.120. The van der Waals surface area contributed by atoms with Crippen LogP contribution in [0.25, 0.3) is 23.1 Å². The monoisotopic (exact) mass is 317 g/mol. The lowest BCUT2D eigenvalue weighted by atomic mass is 10.0. The SMILES string of the molecule is CC(N)C(=O)c1cc2ccccc2nc1C=Cc1ccc(N)cc1. The van der Waals surface area contributed by atoms with Gasteiger partial charge >= 0.3 is 0 Å². The third-order valence-corrected chi connectivity index (χ3v) is 3.80. The van der Waals surface area contributed by atoms with Crippen LogP contribution in [0.5, 0.6) is 0 Å². The maximum absolute atomic E-state index is 12.4. The largest absolute Gasteiger partial charge is 0.399 e. The molecule has 0 radical (unpaired) electrons. The highest BCUT2D eigenvalue weighted by Gasteiger charge is 2.16. The predicted octanol–water partition coefficient (Wildman–Crippen LogP) is 3.52. The van der Waals surface area contributed by atoms with E-state index < -0.39 is 6.04 Å². The summed E-state index contributed by atoms with van der Waals surface area (Å²) in [7, 11) is 0. The molecular formula is C20H19N3O. The number of rotatable bonds is 4. The molecule has 4 N–H and O–H groups in total. The first-order valence-corrected chi connectivity index (χ1v) is 7.78. The van der Waals surface area contributed by atoms with Gasteiger partial charge in [0.05, 0.1) is 17.3 Å². The van der Waals surface area contributed by atoms with Crippen LogP contribution in [0.1, 0.15) is 28.5 Å². The number of benzene rings is 2. The molecule has 0 saturated carbocycles. The number of ketones is 1. The molecule has 0 saturated heterocycles. The van der Waals surface area contributed by atoms with E-state index in [-0.39, 0.29) is 5.78 Å². The van der Waals surface area contributed by atoms with Gasteiger partial charge < -0.3 is 11.5 Å². The highest BCUT2D eigenvalue weighted by molar-refractivity contribution is 6.05. The fourth-order valence-electron chi connectivity index (χ4n) is 2.48. The van der Waals surface area contributed by atoms with Gasteiger partial charge in [-0.05, 0) is 42.8 Å². The highest BCUT2D eigenvalue weighted by Crippen LogP contribution is 2.20. The van der Waals surface area contributed by atoms with Gasteiger partial charge in [0.15, 0.2) is 5.78 Å². The third-order valence-electron chi connectivity index (χ3n) is 3.80. The molecule has 120 valence electrons. The molecule has 2 aromatic carbocycles. The first kappa shape index (κ1) is 15.9. The van der Waals surface area contributed by atoms with Crippen molar-refractivity contribution < 1.29 is 4.79 Å². The number of hydrogen-bond donors (Lipinski definition) is 2. The smallest absolute Gasteiger partial charge is 0.181 e. The normalized spacial score (nSPS) is 12.6. The summed E-state index contributed by atoms with van der Waals surface area (Å²) in [4.78, 5) is 17.1. The van der Waals surface area contributed by atoms with Crippen molar-refractivity contribution in [1.29, 1.82) is 0 Å². The standard InChI is InChI=1S/C20H19N3O/c1-13(21)20(24)17-12-15-4-2-3-5-18(15)23-19(17)11-8-14-6-9-16(22)10-7-14/h2-13H,21-22H2,1H3. The first-order chi connectivity index (χ1) is 11.5. The molecule has 0 spiro atoms. The Morgan fingerprint density at radius 3 is 2.50 bits per heavy atom. The van der Waals surface area contributed by atoms with Crippen LogP contribution in [-0.4, -0.2) is 16.8 Å². The Hall–Kier alpha value is -2.98. The van der Waals surface area contributed by atoms with Gasteiger partial charge in [-0.2, -0.15) is 0 Å². The zero-order chi connectivity index (χ0) is 17.1. The average molecular weight is 317 g/mol. The topological polar surface area (TPSA) is 82.0 Å². The second-order valence-electron chi connectivity index (χ2n) is 5.77. The van der Waals surface area contributed by atoms with Crippen molar-refractivity contribution in [2.75, 3.05) is 5.73 Å². The second kappa shape index (κ2) is 6.64. The number of anilines is 1. The maximum Gasteiger partial charge on any atom is 0.181 e. The van der Waals surface area contributed by atoms with Gasteiger partial charge in [0.1, 0.15) is 0 Å². The van der Waals surface area contributed by atoms with Crippen LogP contribution in [0.4, 0.5) is 5.69 Å². The number of Topliss-reactive ketones (excluding diaryl/α,β-unsaturated/α-hetero) is 1. The summed E-state index contributed by atoms with van der Waals surface area (Å²) in [5.41, 5.74) is 15.2. The quantitative estimate of drug-likeness (QED) is 0.570. The fourth-order valence-corrected chi connectivity index (χ4v) is 2.48. The Morgan fingerprint density at radius 2 is 1.79 bits per heavy atom. The molecular weight excluding hydrogens is 298 g/mol. The van der Waals surface area contributed by atoms with E-state index in [9.17, 15) is 4.79 Å². The molecule has 0 aliphatic carbocycles. The number of aromatic nitrogens is 1. The van der Waals surface area contributed by atoms with Crippen LogP contribution < -0.4 is 11.5 Å². The molecule has 0 amide bonds. The molecule has 0 aliphatic heterocycles. The summed E-state index contributed by atoms with van der Waals surface area (Å²) < 4.78 is 0. The second-order valence-corrected chi connectivity index (χ2v) is 5.77. The molecule has 4 heteroatoms. The zero-order valence-electron chi connectivity index (χ0n) is 13.4. The average Bonchev–Trinajstić information content (AvgIpc) is 2.59. The zero-order valence-corrected chi connectivity index (χ0v) is 13.4. The first-order valence-electron chi connectivity index (χ1n) is 7.78. The van der Waals surface area contributed by atoms with Crippen molar-refractivity contribution in [3.8, 4) is 0 Å². The number of fused-ring (bicyclic) bond motifs is 1. The third kappa shape index (κ3) is 3.34. The lowest BCUT2D eigenvalue weighted by Crippen LogP contribution is -2.27. The van der Waals surface area contributed by atoms with Gasteiger partial charge in [0.2, 0.25) is 0 Å². The lowest BCUT2D eigenvalue weighted by Gasteiger charge is -2.09. The Labute approximate surface area is 140 Å². The van der Waals surface area contributed by atoms with Gasteiger partial charge in [-0.1, -0.05) is 36.4 Å². The van der Waals surface area contributed by atoms with Crippen LogP contribution in [0.15, 0.2) is 54.6 Å². The predicted molar refractivity (Wildman–Crippen MR) is 99.5 cm³/mol. The van der Waals surface area contributed by atoms with Crippen LogP contribution in [0.2, 0.25) is 0 Å². The molecule has 0 bridgehead atoms. The van der Waals surface area contributed by atoms with Crippen LogP contribution in [-0.2, 0) is 0 Å². The number of nitrogens with two attached hydrogens (primary N) is 2. The van der Waals surface area contributed by atoms with E-state index in [1.807, 2.05) is 66.7 Å². The molecule has 24 heavy (non-hydrogen) atoms. The van der Waals surface area contributed by atoms with Gasteiger partial charge in [-0.3, -0.25) is 4.79 Å². The highest BCUT2D eigenvalue weighted by atomic mass is 16.1. The minimum absolute atomic E-state index is 0.120. The Kier molecular flexibility index (Phi) is 4.40. The lowest BCUT2D eigenvalue weighted by molar-refractivity contribution is 0.0967. The van der Waals surface area contributed by atoms with E-state index in [0.29, 0.717) is 16.9 Å². The summed E-state index contributed by atoms with van der Waals surface area (Å²) in [6.45, 7) is 1.69. The molecule has 3 rings (SSSR count). The Balaban J connectivity index is 2.08. The van der Waals surface area contributed by atoms with Crippen LogP contribution in [0.3, 0.4) is 0 Å². The van der Waals surface area contributed by atoms with Gasteiger partial charge in [0, 0.05) is 16.6 Å². The number of para-hydroxylation sites is 1. The molecule has 3 aromatic rings. The van der Waals surface area contributed by atoms with Gasteiger partial charge in [0.25, 0.3) is 0 Å². The molecule has 0 aliphatic rings. The van der Waals surface area contributed by atoms with E-state index in [1.54, 1.807) is 6.92 Å². The number of carbonyl (C=O) groups excluding carboxylic acids is 1. The molecule has 1 atom stereocenters. The van der Waals surface area contributed by atoms with Crippen molar-refractivity contribution in [3.05, 3.63) is 71.4 Å². The van der Waals surface area contributed by atoms with Crippen molar-refractivity contribution in [1.82, 2.24) is 4.98 Å². The Morgan fingerprint density at radius 1 is 1.08 bits per heavy atom. The molecule has 1 aromatic heterocycles. The van der Waals surface area contributed by atoms with Crippen molar-refractivity contribution in [3.63, 3.8) is 0 Å². The van der Waals surface area contributed by atoms with E-state index >= 15 is 0 Å². The number of pyridine rings is 1. The molecule has 0 fully saturated rings. The van der Waals surface area contributed by atoms with Crippen molar-refractivity contribution >= 4 is 34.5 Å². The van der Waals surface area contributed by atoms with E-state index in [1.165, 1.54) is 0 Å². The Bertz CT molecular complexity index is 912. The van der Waals surface area contributed by atoms with Gasteiger partial charge in [-0.15, -0.1) is 0 Å². The number of nitrogens with zero attached hydrogens (tertiary/aromatic N) is 1. The van der Waals surface area contributed by atoms with Gasteiger partial charge in [-0.25, -0.2) is 4.98 Å². The summed E-state index contributed by atoms with van der Waals surface area (Å²) >= 11 is 0. The van der Waals surface area contributed by atoms with Crippen molar-refractivity contribution in [2.45, 2.75) is 13.0 Å². The fraction of sp³-hybridized carbons (Fsp3) is 0.100. The van der Waals surface area contributed by atoms with E-state index in [0.717, 1.165) is 16.5 Å². The maximum atomic E-state index is 12.4. The number of carbonyl (C=O) groups is 1. The van der Waals surface area contributed by atoms with Crippen LogP contribution in [0, 0.1) is 0 Å². The number of nitrogen functional groups attached to an aromatic ring is 1. The van der Waals surface area contributed by atoms with Crippen LogP contribution >= 0.6 is 0 Å². The summed E-state index contributed by atoms with van der Waals surface area (Å²) in [6, 6.07) is 16.5. The molecule has 4 nitrogen and oxygen atoms in total.